The molecule has 1 aromatic carbocycles. The summed E-state index contributed by atoms with van der Waals surface area (Å²) >= 11 is 0. The van der Waals surface area contributed by atoms with Crippen LogP contribution in [0.1, 0.15) is 37.4 Å². The number of ether oxygens (including phenoxy) is 2. The first-order chi connectivity index (χ1) is 12.5. The van der Waals surface area contributed by atoms with E-state index in [2.05, 4.69) is 12.1 Å². The van der Waals surface area contributed by atoms with Crippen LogP contribution in [0.25, 0.3) is 0 Å². The van der Waals surface area contributed by atoms with Crippen LogP contribution in [0, 0.1) is 62.0 Å². The maximum atomic E-state index is 13.8. The maximum absolute atomic E-state index is 13.8. The molecule has 6 nitrogen and oxygen atoms in total. The molecule has 26 heavy (non-hydrogen) atoms. The second-order valence-electron chi connectivity index (χ2n) is 7.05. The van der Waals surface area contributed by atoms with Crippen LogP contribution in [0.3, 0.4) is 0 Å². The largest absolute Gasteiger partial charge is 0.447 e. The Hall–Kier alpha value is -2.95. The van der Waals surface area contributed by atoms with Crippen molar-refractivity contribution < 1.29 is 13.9 Å². The van der Waals surface area contributed by atoms with E-state index < -0.39 is 40.4 Å². The van der Waals surface area contributed by atoms with Crippen LogP contribution in [-0.2, 0) is 9.47 Å². The van der Waals surface area contributed by atoms with Gasteiger partial charge >= 0.3 is 0 Å². The molecule has 7 heteroatoms. The van der Waals surface area contributed by atoms with Crippen LogP contribution >= 0.6 is 0 Å². The fourth-order valence-corrected chi connectivity index (χ4v) is 4.81. The van der Waals surface area contributed by atoms with Crippen LogP contribution in [0.15, 0.2) is 24.3 Å². The molecule has 1 aliphatic carbocycles. The third kappa shape index (κ3) is 1.68. The highest BCUT2D eigenvalue weighted by Crippen LogP contribution is 2.69. The molecule has 4 atom stereocenters. The SMILES string of the molecule is N#CC1(C#N)[C@H]2CCCC[C@@]23OC(=N)[C@@]1(C#N)[C@@H](c1cccc(F)c1)O3. The molecule has 3 aliphatic heterocycles. The number of fused-ring (bicyclic) bond motifs is 2. The van der Waals surface area contributed by atoms with Gasteiger partial charge < -0.3 is 9.47 Å². The summed E-state index contributed by atoms with van der Waals surface area (Å²) in [6.07, 6.45) is 1.32. The Morgan fingerprint density at radius 1 is 1.15 bits per heavy atom. The minimum absolute atomic E-state index is 0.317. The summed E-state index contributed by atoms with van der Waals surface area (Å²) in [6, 6.07) is 11.6. The average Bonchev–Trinajstić information content (AvgIpc) is 2.66. The van der Waals surface area contributed by atoms with E-state index in [0.29, 0.717) is 18.4 Å². The molecule has 2 bridgehead atoms. The molecule has 5 rings (SSSR count). The fourth-order valence-electron chi connectivity index (χ4n) is 4.81. The van der Waals surface area contributed by atoms with Gasteiger partial charge in [0, 0.05) is 6.42 Å². The third-order valence-electron chi connectivity index (χ3n) is 5.97. The molecule has 4 fully saturated rings. The summed E-state index contributed by atoms with van der Waals surface area (Å²) in [5.74, 6) is -2.92. The first-order valence-electron chi connectivity index (χ1n) is 8.45. The molecule has 1 N–H and O–H groups in total. The molecule has 1 aromatic rings. The lowest BCUT2D eigenvalue weighted by Crippen LogP contribution is -2.73. The predicted molar refractivity (Wildman–Crippen MR) is 85.4 cm³/mol. The average molecular weight is 350 g/mol. The Kier molecular flexibility index (Phi) is 3.35. The lowest BCUT2D eigenvalue weighted by Gasteiger charge is -2.63. The smallest absolute Gasteiger partial charge is 0.218 e. The Balaban J connectivity index is 2.02. The zero-order valence-electron chi connectivity index (χ0n) is 13.8. The molecule has 0 amide bonds. The molecule has 4 aliphatic rings. The number of nitrogens with one attached hydrogen (secondary N) is 1. The van der Waals surface area contributed by atoms with Crippen molar-refractivity contribution >= 4 is 5.90 Å². The molecule has 0 radical (unpaired) electrons. The number of nitrogens with zero attached hydrogens (tertiary/aromatic N) is 3. The second kappa shape index (κ2) is 5.27. The molecule has 3 saturated heterocycles. The molecule has 3 heterocycles. The summed E-state index contributed by atoms with van der Waals surface area (Å²) in [6.45, 7) is 0. The zero-order valence-corrected chi connectivity index (χ0v) is 13.8. The lowest BCUT2D eigenvalue weighted by molar-refractivity contribution is -0.360. The first-order valence-corrected chi connectivity index (χ1v) is 8.45. The molecule has 0 unspecified atom stereocenters. The number of hydrogen-bond acceptors (Lipinski definition) is 6. The van der Waals surface area contributed by atoms with Crippen LogP contribution in [0.5, 0.6) is 0 Å². The Labute approximate surface area is 149 Å². The van der Waals surface area contributed by atoms with E-state index in [1.54, 1.807) is 6.07 Å². The zero-order chi connectivity index (χ0) is 18.6. The van der Waals surface area contributed by atoms with Crippen molar-refractivity contribution in [3.05, 3.63) is 35.6 Å². The van der Waals surface area contributed by atoms with E-state index in [-0.39, 0.29) is 0 Å². The normalized spacial score (nSPS) is 36.8. The van der Waals surface area contributed by atoms with Gasteiger partial charge in [0.25, 0.3) is 0 Å². The Morgan fingerprint density at radius 3 is 2.58 bits per heavy atom. The van der Waals surface area contributed by atoms with E-state index in [4.69, 9.17) is 14.9 Å². The van der Waals surface area contributed by atoms with Gasteiger partial charge in [0.05, 0.1) is 24.1 Å². The number of hydrogen-bond donors (Lipinski definition) is 1. The summed E-state index contributed by atoms with van der Waals surface area (Å²) in [5.41, 5.74) is -3.43. The van der Waals surface area contributed by atoms with Crippen molar-refractivity contribution in [2.24, 2.45) is 16.7 Å². The van der Waals surface area contributed by atoms with E-state index in [1.165, 1.54) is 18.2 Å². The third-order valence-corrected chi connectivity index (χ3v) is 5.97. The number of nitriles is 3. The van der Waals surface area contributed by atoms with Crippen LogP contribution in [0.2, 0.25) is 0 Å². The molecule has 0 aromatic heterocycles. The summed E-state index contributed by atoms with van der Waals surface area (Å²) in [4.78, 5) is 0. The van der Waals surface area contributed by atoms with E-state index in [1.807, 2.05) is 6.07 Å². The number of rotatable bonds is 1. The van der Waals surface area contributed by atoms with E-state index in [0.717, 1.165) is 12.8 Å². The molecular formula is C19H15FN4O2. The van der Waals surface area contributed by atoms with Crippen molar-refractivity contribution in [2.75, 3.05) is 0 Å². The lowest BCUT2D eigenvalue weighted by atomic mass is 9.48. The Morgan fingerprint density at radius 2 is 1.92 bits per heavy atom. The van der Waals surface area contributed by atoms with Crippen LogP contribution in [-0.4, -0.2) is 11.7 Å². The minimum atomic E-state index is -1.95. The summed E-state index contributed by atoms with van der Waals surface area (Å²) < 4.78 is 25.8. The monoisotopic (exact) mass is 350 g/mol. The molecule has 1 spiro atoms. The minimum Gasteiger partial charge on any atom is -0.447 e. The van der Waals surface area contributed by atoms with Gasteiger partial charge in [-0.05, 0) is 30.5 Å². The topological polar surface area (TPSA) is 114 Å². The predicted octanol–water partition coefficient (Wildman–Crippen LogP) is 3.33. The highest BCUT2D eigenvalue weighted by molar-refractivity contribution is 5.89. The quantitative estimate of drug-likeness (QED) is 0.834. The van der Waals surface area contributed by atoms with Crippen LogP contribution in [0.4, 0.5) is 4.39 Å². The highest BCUT2D eigenvalue weighted by atomic mass is 19.1. The molecule has 130 valence electrons. The first kappa shape index (κ1) is 16.5. The van der Waals surface area contributed by atoms with Gasteiger partial charge in [0.15, 0.2) is 10.8 Å². The Bertz CT molecular complexity index is 913. The molecule has 1 saturated carbocycles. The van der Waals surface area contributed by atoms with Crippen molar-refractivity contribution in [3.63, 3.8) is 0 Å². The van der Waals surface area contributed by atoms with Gasteiger partial charge in [-0.25, -0.2) is 4.39 Å². The van der Waals surface area contributed by atoms with Gasteiger partial charge in [0.1, 0.15) is 11.9 Å². The van der Waals surface area contributed by atoms with Gasteiger partial charge in [-0.3, -0.25) is 5.41 Å². The highest BCUT2D eigenvalue weighted by Gasteiger charge is 2.80. The summed E-state index contributed by atoms with van der Waals surface area (Å²) in [7, 11) is 0. The van der Waals surface area contributed by atoms with E-state index >= 15 is 0 Å². The fraction of sp³-hybridized carbons (Fsp3) is 0.474. The van der Waals surface area contributed by atoms with Gasteiger partial charge in [0.2, 0.25) is 11.7 Å². The van der Waals surface area contributed by atoms with E-state index in [9.17, 15) is 20.2 Å². The number of benzene rings is 1. The van der Waals surface area contributed by atoms with Crippen molar-refractivity contribution in [1.82, 2.24) is 0 Å². The van der Waals surface area contributed by atoms with Crippen molar-refractivity contribution in [2.45, 2.75) is 37.6 Å². The standard InChI is InChI=1S/C19H15FN4O2/c20-13-5-3-4-12(8-13)15-18(11-23)16(24)26-19(25-15)7-2-1-6-14(19)17(18,9-21)10-22/h3-5,8,14-15,24H,1-2,6-7H2/t14-,15-,18-,19-/m1/s1. The van der Waals surface area contributed by atoms with Gasteiger partial charge in [-0.2, -0.15) is 15.8 Å². The molecular weight excluding hydrogens is 335 g/mol. The van der Waals surface area contributed by atoms with Gasteiger partial charge in [-0.1, -0.05) is 18.6 Å². The van der Waals surface area contributed by atoms with Crippen molar-refractivity contribution in [3.8, 4) is 18.2 Å². The van der Waals surface area contributed by atoms with Crippen molar-refractivity contribution in [1.29, 1.82) is 21.2 Å². The summed E-state index contributed by atoms with van der Waals surface area (Å²) in [5, 5.41) is 38.5. The second-order valence-corrected chi connectivity index (χ2v) is 7.05. The van der Waals surface area contributed by atoms with Gasteiger partial charge in [-0.15, -0.1) is 0 Å². The van der Waals surface area contributed by atoms with Crippen LogP contribution < -0.4 is 0 Å². The number of halogens is 1. The maximum Gasteiger partial charge on any atom is 0.218 e.